The zero-order valence-electron chi connectivity index (χ0n) is 15.4. The Kier molecular flexibility index (Phi) is 5.40. The third kappa shape index (κ3) is 3.66. The van der Waals surface area contributed by atoms with E-state index >= 15 is 0 Å². The van der Waals surface area contributed by atoms with E-state index in [1.54, 1.807) is 0 Å². The van der Waals surface area contributed by atoms with E-state index in [1.807, 2.05) is 0 Å². The Balaban J connectivity index is 1.60. The van der Waals surface area contributed by atoms with Crippen molar-refractivity contribution in [2.45, 2.75) is 25.0 Å². The van der Waals surface area contributed by atoms with E-state index in [-0.39, 0.29) is 13.2 Å². The molecule has 2 aromatic rings. The number of aryl methyl sites for hydroxylation is 1. The highest BCUT2D eigenvalue weighted by Crippen LogP contribution is 2.43. The standard InChI is InChI=1S/C21H22F4N2O/c22-16-7-14(8-17(23)10-16)12-28-13-21(27-5-3-26-4-6-27)2-1-15-9-19(24)20(25)11-18(15)21/h7-11,26H,1-6,12-13H2/t21-/m1/s1. The molecule has 1 aliphatic carbocycles. The molecule has 7 heteroatoms. The first-order valence-corrected chi connectivity index (χ1v) is 9.45. The van der Waals surface area contributed by atoms with Gasteiger partial charge >= 0.3 is 0 Å². The Labute approximate surface area is 161 Å². The summed E-state index contributed by atoms with van der Waals surface area (Å²) >= 11 is 0. The predicted molar refractivity (Wildman–Crippen MR) is 96.8 cm³/mol. The molecule has 3 nitrogen and oxygen atoms in total. The Morgan fingerprint density at radius 3 is 2.32 bits per heavy atom. The number of halogens is 4. The molecule has 0 saturated carbocycles. The van der Waals surface area contributed by atoms with E-state index in [0.717, 1.165) is 43.4 Å². The van der Waals surface area contributed by atoms with Gasteiger partial charge in [-0.2, -0.15) is 0 Å². The number of ether oxygens (including phenoxy) is 1. The summed E-state index contributed by atoms with van der Waals surface area (Å²) in [5, 5.41) is 3.29. The van der Waals surface area contributed by atoms with E-state index < -0.39 is 28.8 Å². The van der Waals surface area contributed by atoms with Crippen LogP contribution in [0.15, 0.2) is 30.3 Å². The third-order valence-electron chi connectivity index (χ3n) is 5.71. The largest absolute Gasteiger partial charge is 0.374 e. The maximum Gasteiger partial charge on any atom is 0.159 e. The second kappa shape index (κ2) is 7.81. The zero-order chi connectivity index (χ0) is 19.7. The van der Waals surface area contributed by atoms with Crippen LogP contribution in [0.3, 0.4) is 0 Å². The first-order valence-electron chi connectivity index (χ1n) is 9.45. The highest BCUT2D eigenvalue weighted by Gasteiger charge is 2.45. The fraction of sp³-hybridized carbons (Fsp3) is 0.429. The van der Waals surface area contributed by atoms with Crippen molar-refractivity contribution in [2.75, 3.05) is 32.8 Å². The summed E-state index contributed by atoms with van der Waals surface area (Å²) in [5.41, 5.74) is 1.37. The molecule has 1 aliphatic heterocycles. The van der Waals surface area contributed by atoms with Gasteiger partial charge in [0.2, 0.25) is 0 Å². The summed E-state index contributed by atoms with van der Waals surface area (Å²) in [6, 6.07) is 5.84. The van der Waals surface area contributed by atoms with Crippen LogP contribution in [-0.2, 0) is 23.3 Å². The molecule has 0 radical (unpaired) electrons. The molecule has 1 saturated heterocycles. The van der Waals surface area contributed by atoms with Crippen molar-refractivity contribution in [3.8, 4) is 0 Å². The van der Waals surface area contributed by atoms with Crippen molar-refractivity contribution in [2.24, 2.45) is 0 Å². The molecule has 0 amide bonds. The van der Waals surface area contributed by atoms with Crippen LogP contribution >= 0.6 is 0 Å². The topological polar surface area (TPSA) is 24.5 Å². The summed E-state index contributed by atoms with van der Waals surface area (Å²) in [6.07, 6.45) is 1.32. The summed E-state index contributed by atoms with van der Waals surface area (Å²) in [5.74, 6) is -3.02. The van der Waals surface area contributed by atoms with Gasteiger partial charge in [0.05, 0.1) is 18.8 Å². The number of rotatable bonds is 5. The Bertz CT molecular complexity index is 849. The van der Waals surface area contributed by atoms with Gasteiger partial charge < -0.3 is 10.1 Å². The van der Waals surface area contributed by atoms with Gasteiger partial charge in [-0.15, -0.1) is 0 Å². The maximum absolute atomic E-state index is 14.0. The number of piperazine rings is 1. The van der Waals surface area contributed by atoms with Crippen molar-refractivity contribution in [1.29, 1.82) is 0 Å². The Morgan fingerprint density at radius 1 is 0.929 bits per heavy atom. The highest BCUT2D eigenvalue weighted by molar-refractivity contribution is 5.40. The minimum Gasteiger partial charge on any atom is -0.374 e. The maximum atomic E-state index is 14.0. The summed E-state index contributed by atoms with van der Waals surface area (Å²) < 4.78 is 60.5. The average Bonchev–Trinajstić information content (AvgIpc) is 3.01. The normalized spacial score (nSPS) is 22.4. The van der Waals surface area contributed by atoms with Crippen LogP contribution in [-0.4, -0.2) is 37.7 Å². The lowest BCUT2D eigenvalue weighted by Crippen LogP contribution is -2.55. The lowest BCUT2D eigenvalue weighted by atomic mass is 9.89. The van der Waals surface area contributed by atoms with Gasteiger partial charge in [0.1, 0.15) is 11.6 Å². The SMILES string of the molecule is Fc1cc(F)cc(COC[C@]2(N3CCNCC3)CCc3cc(F)c(F)cc32)c1. The van der Waals surface area contributed by atoms with Crippen LogP contribution in [0.4, 0.5) is 17.6 Å². The zero-order valence-corrected chi connectivity index (χ0v) is 15.4. The van der Waals surface area contributed by atoms with E-state index in [4.69, 9.17) is 4.74 Å². The summed E-state index contributed by atoms with van der Waals surface area (Å²) in [6.45, 7) is 3.41. The first kappa shape index (κ1) is 19.4. The van der Waals surface area contributed by atoms with Gasteiger partial charge in [-0.1, -0.05) is 0 Å². The van der Waals surface area contributed by atoms with Crippen molar-refractivity contribution >= 4 is 0 Å². The van der Waals surface area contributed by atoms with E-state index in [1.165, 1.54) is 24.3 Å². The molecule has 0 unspecified atom stereocenters. The molecule has 1 atom stereocenters. The number of benzene rings is 2. The molecular formula is C21H22F4N2O. The van der Waals surface area contributed by atoms with E-state index in [2.05, 4.69) is 10.2 Å². The molecule has 1 fully saturated rings. The van der Waals surface area contributed by atoms with Crippen LogP contribution in [0.2, 0.25) is 0 Å². The average molecular weight is 394 g/mol. The molecule has 0 spiro atoms. The number of fused-ring (bicyclic) bond motifs is 1. The molecule has 1 N–H and O–H groups in total. The van der Waals surface area contributed by atoms with Crippen LogP contribution in [0.5, 0.6) is 0 Å². The van der Waals surface area contributed by atoms with Crippen LogP contribution in [0.25, 0.3) is 0 Å². The fourth-order valence-corrected chi connectivity index (χ4v) is 4.40. The van der Waals surface area contributed by atoms with Crippen molar-refractivity contribution in [1.82, 2.24) is 10.2 Å². The van der Waals surface area contributed by atoms with Gasteiger partial charge in [-0.05, 0) is 53.8 Å². The van der Waals surface area contributed by atoms with Gasteiger partial charge in [0, 0.05) is 32.2 Å². The van der Waals surface area contributed by atoms with Crippen molar-refractivity contribution < 1.29 is 22.3 Å². The van der Waals surface area contributed by atoms with E-state index in [9.17, 15) is 17.6 Å². The molecule has 1 heterocycles. The molecule has 4 rings (SSSR count). The number of nitrogens with zero attached hydrogens (tertiary/aromatic N) is 1. The van der Waals surface area contributed by atoms with Gasteiger partial charge in [-0.3, -0.25) is 4.90 Å². The molecule has 0 aromatic heterocycles. The molecular weight excluding hydrogens is 372 g/mol. The molecule has 150 valence electrons. The predicted octanol–water partition coefficient (Wildman–Crippen LogP) is 3.51. The summed E-state index contributed by atoms with van der Waals surface area (Å²) in [7, 11) is 0. The van der Waals surface area contributed by atoms with Crippen molar-refractivity contribution in [3.63, 3.8) is 0 Å². The lowest BCUT2D eigenvalue weighted by Gasteiger charge is -2.44. The van der Waals surface area contributed by atoms with Crippen LogP contribution in [0.1, 0.15) is 23.1 Å². The monoisotopic (exact) mass is 394 g/mol. The van der Waals surface area contributed by atoms with Gasteiger partial charge in [-0.25, -0.2) is 17.6 Å². The summed E-state index contributed by atoms with van der Waals surface area (Å²) in [4.78, 5) is 2.25. The van der Waals surface area contributed by atoms with Crippen LogP contribution < -0.4 is 5.32 Å². The van der Waals surface area contributed by atoms with E-state index in [0.29, 0.717) is 18.4 Å². The minimum atomic E-state index is -0.868. The van der Waals surface area contributed by atoms with Gasteiger partial charge in [0.25, 0.3) is 0 Å². The smallest absolute Gasteiger partial charge is 0.159 e. The fourth-order valence-electron chi connectivity index (χ4n) is 4.40. The number of hydrogen-bond acceptors (Lipinski definition) is 3. The minimum absolute atomic E-state index is 0.0432. The lowest BCUT2D eigenvalue weighted by molar-refractivity contribution is -0.0242. The second-order valence-electron chi connectivity index (χ2n) is 7.46. The third-order valence-corrected chi connectivity index (χ3v) is 5.71. The Morgan fingerprint density at radius 2 is 1.61 bits per heavy atom. The first-order chi connectivity index (χ1) is 13.5. The molecule has 28 heavy (non-hydrogen) atoms. The highest BCUT2D eigenvalue weighted by atomic mass is 19.2. The molecule has 2 aliphatic rings. The molecule has 2 aromatic carbocycles. The second-order valence-corrected chi connectivity index (χ2v) is 7.46. The van der Waals surface area contributed by atoms with Gasteiger partial charge in [0.15, 0.2) is 11.6 Å². The van der Waals surface area contributed by atoms with Crippen LogP contribution in [0, 0.1) is 23.3 Å². The number of hydrogen-bond donors (Lipinski definition) is 1. The Hall–Kier alpha value is -1.96. The quantitative estimate of drug-likeness (QED) is 0.786. The van der Waals surface area contributed by atoms with Crippen molar-refractivity contribution in [3.05, 3.63) is 70.3 Å². The number of nitrogens with one attached hydrogen (secondary N) is 1. The molecule has 0 bridgehead atoms.